The van der Waals surface area contributed by atoms with Gasteiger partial charge < -0.3 is 9.80 Å². The Balaban J connectivity index is 0.000000142. The Hall–Kier alpha value is -2.90. The largest absolute Gasteiger partial charge is 0.340 e. The highest BCUT2D eigenvalue weighted by atomic mass is 16.2. The number of hydrogen-bond acceptors (Lipinski definition) is 8. The van der Waals surface area contributed by atoms with E-state index in [2.05, 4.69) is 38.7 Å². The molecule has 2 saturated heterocycles. The summed E-state index contributed by atoms with van der Waals surface area (Å²) in [4.78, 5) is 45.6. The third-order valence-electron chi connectivity index (χ3n) is 7.73. The summed E-state index contributed by atoms with van der Waals surface area (Å²) >= 11 is 0. The second-order valence-corrected chi connectivity index (χ2v) is 10.5. The van der Waals surface area contributed by atoms with Gasteiger partial charge in [0.1, 0.15) is 11.6 Å². The minimum atomic E-state index is -0.137. The van der Waals surface area contributed by atoms with E-state index in [-0.39, 0.29) is 29.8 Å². The van der Waals surface area contributed by atoms with Crippen LogP contribution in [0.3, 0.4) is 0 Å². The normalized spacial score (nSPS) is 27.6. The van der Waals surface area contributed by atoms with Crippen LogP contribution in [0.15, 0.2) is 12.1 Å². The van der Waals surface area contributed by atoms with Gasteiger partial charge in [-0.3, -0.25) is 9.59 Å². The second kappa shape index (κ2) is 9.04. The quantitative estimate of drug-likeness (QED) is 0.629. The van der Waals surface area contributed by atoms with Crippen molar-refractivity contribution in [2.75, 3.05) is 36.0 Å². The monoisotopic (exact) mass is 462 g/mol. The van der Waals surface area contributed by atoms with Crippen LogP contribution < -0.4 is 9.80 Å². The molecule has 2 aliphatic heterocycles. The van der Waals surface area contributed by atoms with E-state index in [1.165, 1.54) is 32.4 Å². The first kappa shape index (κ1) is 22.9. The molecule has 180 valence electrons. The van der Waals surface area contributed by atoms with Crippen LogP contribution in [0.1, 0.15) is 48.5 Å². The number of anilines is 2. The first-order valence-electron chi connectivity index (χ1n) is 12.5. The molecule has 0 bridgehead atoms. The van der Waals surface area contributed by atoms with Crippen LogP contribution in [-0.4, -0.2) is 57.7 Å². The minimum Gasteiger partial charge on any atom is -0.340 e. The number of carbonyl (C=O) groups is 2. The Morgan fingerprint density at radius 2 is 1.03 bits per heavy atom. The van der Waals surface area contributed by atoms with Crippen LogP contribution >= 0.6 is 0 Å². The number of Topliss-reactive ketones (excluding diaryl/α,β-unsaturated/α-hetero) is 2. The lowest BCUT2D eigenvalue weighted by Crippen LogP contribution is -2.26. The summed E-state index contributed by atoms with van der Waals surface area (Å²) in [6.07, 6.45) is 4.37. The molecule has 2 saturated carbocycles. The van der Waals surface area contributed by atoms with Gasteiger partial charge >= 0.3 is 0 Å². The molecule has 34 heavy (non-hydrogen) atoms. The molecule has 2 aromatic rings. The van der Waals surface area contributed by atoms with Gasteiger partial charge in [0.05, 0.1) is 6.42 Å². The third kappa shape index (κ3) is 4.55. The molecule has 0 amide bonds. The fourth-order valence-electron chi connectivity index (χ4n) is 6.15. The highest BCUT2D eigenvalue weighted by molar-refractivity contribution is 6.09. The van der Waals surface area contributed by atoms with Gasteiger partial charge in [-0.25, -0.2) is 19.9 Å². The summed E-state index contributed by atoms with van der Waals surface area (Å²) in [5.74, 6) is 3.29. The topological polar surface area (TPSA) is 92.2 Å². The van der Waals surface area contributed by atoms with Crippen molar-refractivity contribution in [3.8, 4) is 0 Å². The van der Waals surface area contributed by atoms with E-state index < -0.39 is 0 Å². The standard InChI is InChI=1S/C13H15N3O2.C13H19N3/c1-7-3-8(2)15-13(14-7)16-5-9-10(6-16)12(18)4-11(9)17;1-9-6-10(2)15-13(14-9)16-7-11-4-3-5-12(11)8-16/h3,9-10H,4-6H2,1-2H3;6,11-12H,3-5,7-8H2,1-2H3/t9-,10+;11-,12+. The van der Waals surface area contributed by atoms with Crippen molar-refractivity contribution >= 4 is 23.5 Å². The molecule has 6 rings (SSSR count). The highest BCUT2D eigenvalue weighted by Gasteiger charge is 2.48. The van der Waals surface area contributed by atoms with Gasteiger partial charge in [-0.2, -0.15) is 0 Å². The molecule has 0 N–H and O–H groups in total. The maximum absolute atomic E-state index is 11.7. The Morgan fingerprint density at radius 3 is 1.44 bits per heavy atom. The van der Waals surface area contributed by atoms with Crippen LogP contribution in [0.4, 0.5) is 11.9 Å². The molecule has 0 spiro atoms. The predicted molar refractivity (Wildman–Crippen MR) is 130 cm³/mol. The zero-order valence-corrected chi connectivity index (χ0v) is 20.6. The molecule has 0 radical (unpaired) electrons. The highest BCUT2D eigenvalue weighted by Crippen LogP contribution is 2.38. The molecular weight excluding hydrogens is 428 g/mol. The smallest absolute Gasteiger partial charge is 0.225 e. The average Bonchev–Trinajstić information content (AvgIpc) is 3.50. The van der Waals surface area contributed by atoms with E-state index in [0.29, 0.717) is 19.0 Å². The number of ketones is 2. The number of carbonyl (C=O) groups excluding carboxylic acids is 2. The Kier molecular flexibility index (Phi) is 6.08. The van der Waals surface area contributed by atoms with Crippen molar-refractivity contribution in [3.05, 3.63) is 34.9 Å². The molecule has 0 unspecified atom stereocenters. The van der Waals surface area contributed by atoms with E-state index in [9.17, 15) is 9.59 Å². The predicted octanol–water partition coefficient (Wildman–Crippen LogP) is 3.02. The Labute approximate surface area is 201 Å². The summed E-state index contributed by atoms with van der Waals surface area (Å²) in [5, 5.41) is 0. The van der Waals surface area contributed by atoms with Gasteiger partial charge in [0.15, 0.2) is 0 Å². The SMILES string of the molecule is Cc1cc(C)nc(N2C[C@@H]3C(=O)CC(=O)[C@@H]3C2)n1.Cc1cc(C)nc(N2C[C@H]3CCC[C@H]3C2)n1. The fourth-order valence-corrected chi connectivity index (χ4v) is 6.15. The van der Waals surface area contributed by atoms with Crippen molar-refractivity contribution in [3.63, 3.8) is 0 Å². The van der Waals surface area contributed by atoms with E-state index in [1.54, 1.807) is 0 Å². The fraction of sp³-hybridized carbons (Fsp3) is 0.615. The number of hydrogen-bond donors (Lipinski definition) is 0. The van der Waals surface area contributed by atoms with Crippen LogP contribution in [0.2, 0.25) is 0 Å². The zero-order valence-electron chi connectivity index (χ0n) is 20.6. The van der Waals surface area contributed by atoms with Gasteiger partial charge in [-0.15, -0.1) is 0 Å². The van der Waals surface area contributed by atoms with Gasteiger partial charge in [0.2, 0.25) is 11.9 Å². The van der Waals surface area contributed by atoms with Gasteiger partial charge in [0, 0.05) is 60.8 Å². The molecule has 2 aromatic heterocycles. The van der Waals surface area contributed by atoms with Gasteiger partial charge in [0.25, 0.3) is 0 Å². The second-order valence-electron chi connectivity index (χ2n) is 10.5. The molecule has 8 nitrogen and oxygen atoms in total. The van der Waals surface area contributed by atoms with Gasteiger partial charge in [-0.1, -0.05) is 6.42 Å². The molecule has 8 heteroatoms. The van der Waals surface area contributed by atoms with E-state index >= 15 is 0 Å². The third-order valence-corrected chi connectivity index (χ3v) is 7.73. The van der Waals surface area contributed by atoms with Crippen molar-refractivity contribution in [1.82, 2.24) is 19.9 Å². The summed E-state index contributed by atoms with van der Waals surface area (Å²) in [6, 6.07) is 3.96. The molecular formula is C26H34N6O2. The number of aromatic nitrogens is 4. The lowest BCUT2D eigenvalue weighted by Gasteiger charge is -2.17. The minimum absolute atomic E-state index is 0.0804. The van der Waals surface area contributed by atoms with Crippen LogP contribution in [0.25, 0.3) is 0 Å². The summed E-state index contributed by atoms with van der Waals surface area (Å²) in [5.41, 5.74) is 3.98. The first-order valence-corrected chi connectivity index (χ1v) is 12.5. The lowest BCUT2D eigenvalue weighted by atomic mass is 10.00. The maximum atomic E-state index is 11.7. The van der Waals surface area contributed by atoms with E-state index in [1.807, 2.05) is 30.9 Å². The number of fused-ring (bicyclic) bond motifs is 2. The molecule has 4 aliphatic rings. The molecule has 4 atom stereocenters. The number of nitrogens with zero attached hydrogens (tertiary/aromatic N) is 6. The molecule has 4 heterocycles. The van der Waals surface area contributed by atoms with Crippen molar-refractivity contribution in [2.24, 2.45) is 23.7 Å². The number of rotatable bonds is 2. The number of aryl methyl sites for hydroxylation is 4. The summed E-state index contributed by atoms with van der Waals surface area (Å²) < 4.78 is 0. The van der Waals surface area contributed by atoms with Crippen molar-refractivity contribution in [1.29, 1.82) is 0 Å². The van der Waals surface area contributed by atoms with E-state index in [4.69, 9.17) is 0 Å². The van der Waals surface area contributed by atoms with Crippen molar-refractivity contribution < 1.29 is 9.59 Å². The summed E-state index contributed by atoms with van der Waals surface area (Å²) in [6.45, 7) is 11.5. The van der Waals surface area contributed by atoms with Crippen LogP contribution in [0.5, 0.6) is 0 Å². The maximum Gasteiger partial charge on any atom is 0.225 e. The zero-order chi connectivity index (χ0) is 24.0. The lowest BCUT2D eigenvalue weighted by molar-refractivity contribution is -0.123. The van der Waals surface area contributed by atoms with Crippen LogP contribution in [0, 0.1) is 51.4 Å². The van der Waals surface area contributed by atoms with Crippen molar-refractivity contribution in [2.45, 2.75) is 53.4 Å². The average molecular weight is 463 g/mol. The Bertz CT molecular complexity index is 1040. The van der Waals surface area contributed by atoms with E-state index in [0.717, 1.165) is 40.6 Å². The Morgan fingerprint density at radius 1 is 0.647 bits per heavy atom. The molecule has 0 aromatic carbocycles. The van der Waals surface area contributed by atoms with Crippen LogP contribution in [-0.2, 0) is 9.59 Å². The molecule has 2 aliphatic carbocycles. The van der Waals surface area contributed by atoms with Gasteiger partial charge in [-0.05, 0) is 64.5 Å². The first-order chi connectivity index (χ1) is 16.3. The molecule has 4 fully saturated rings. The summed E-state index contributed by atoms with van der Waals surface area (Å²) in [7, 11) is 0.